The van der Waals surface area contributed by atoms with Crippen molar-refractivity contribution >= 4 is 22.6 Å². The second kappa shape index (κ2) is 18.5. The summed E-state index contributed by atoms with van der Waals surface area (Å²) in [7, 11) is -3.83. The third-order valence-corrected chi connectivity index (χ3v) is 20.1. The average Bonchev–Trinajstić information content (AvgIpc) is 2.96. The summed E-state index contributed by atoms with van der Waals surface area (Å²) >= 11 is 0. The number of hydrogen-bond acceptors (Lipinski definition) is 5. The third-order valence-electron chi connectivity index (χ3n) is 10.9. The molecule has 6 atom stereocenters. The Morgan fingerprint density at radius 3 is 1.55 bits per heavy atom. The van der Waals surface area contributed by atoms with Crippen molar-refractivity contribution in [3.05, 3.63) is 11.1 Å². The molecule has 0 fully saturated rings. The van der Waals surface area contributed by atoms with E-state index in [1.165, 1.54) is 0 Å². The summed E-state index contributed by atoms with van der Waals surface area (Å²) in [5.74, 6) is 0.210. The highest BCUT2D eigenvalue weighted by atomic mass is 28.4. The van der Waals surface area contributed by atoms with E-state index in [1.54, 1.807) is 0 Å². The van der Waals surface area contributed by atoms with Crippen LogP contribution in [0.2, 0.25) is 36.3 Å². The summed E-state index contributed by atoms with van der Waals surface area (Å²) in [5, 5.41) is 11.8. The van der Waals surface area contributed by atoms with Crippen LogP contribution in [-0.2, 0) is 18.4 Å². The van der Waals surface area contributed by atoms with Gasteiger partial charge >= 0.3 is 5.97 Å². The second-order valence-corrected chi connectivity index (χ2v) is 23.6. The molecule has 0 aromatic rings. The van der Waals surface area contributed by atoms with Crippen molar-refractivity contribution in [1.29, 1.82) is 0 Å². The van der Waals surface area contributed by atoms with Gasteiger partial charge < -0.3 is 18.7 Å². The summed E-state index contributed by atoms with van der Waals surface area (Å²) < 4.78 is 19.9. The van der Waals surface area contributed by atoms with Crippen LogP contribution in [0.3, 0.4) is 0 Å². The summed E-state index contributed by atoms with van der Waals surface area (Å²) in [5.41, 5.74) is 1.65. The molecule has 5 nitrogen and oxygen atoms in total. The number of aliphatic hydroxyl groups is 1. The summed E-state index contributed by atoms with van der Waals surface area (Å²) in [6, 6.07) is 6.28. The van der Waals surface area contributed by atoms with Gasteiger partial charge in [-0.25, -0.2) is 4.79 Å². The SMILES string of the molecule is CCC(O[Si](CC)(CC)CC)C(C)(C)[C@@H](O)[C@@H](C)/C(C)=C(\C)C(C)OC(=O)C(O[Si](CC)(CC)CC)[C@@H](C)CC(C)C. The number of carbonyl (C=O) groups excluding carboxylic acids is 1. The molecule has 0 saturated carbocycles. The molecule has 0 amide bonds. The first-order valence-electron chi connectivity index (χ1n) is 17.3. The van der Waals surface area contributed by atoms with E-state index in [0.717, 1.165) is 60.3 Å². The third kappa shape index (κ3) is 10.9. The molecule has 0 aromatic heterocycles. The zero-order valence-corrected chi connectivity index (χ0v) is 32.8. The second-order valence-electron chi connectivity index (χ2n) is 14.1. The van der Waals surface area contributed by atoms with E-state index in [4.69, 9.17) is 13.6 Å². The van der Waals surface area contributed by atoms with Gasteiger partial charge in [0.2, 0.25) is 0 Å². The molecule has 0 aliphatic rings. The smallest absolute Gasteiger partial charge is 0.334 e. The van der Waals surface area contributed by atoms with Crippen molar-refractivity contribution in [2.75, 3.05) is 0 Å². The fraction of sp³-hybridized carbons (Fsp3) is 0.914. The normalized spacial score (nSPS) is 18.2. The van der Waals surface area contributed by atoms with Crippen molar-refractivity contribution < 1.29 is 23.5 Å². The van der Waals surface area contributed by atoms with Crippen LogP contribution < -0.4 is 0 Å². The molecule has 0 aliphatic heterocycles. The number of hydrogen-bond donors (Lipinski definition) is 1. The standard InChI is InChI=1S/C35H72O5Si2/c1-17-31(39-41(18-2,19-3)20-4)35(15,16)33(36)29(13)27(11)28(12)30(14)38-34(37)32(26(10)24-25(8)9)40-42(21-5,22-6)23-7/h25-26,29-33,36H,17-24H2,1-16H3/b28-27+/t26-,29-,30?,31?,32?,33-/m0/s1. The molecule has 42 heavy (non-hydrogen) atoms. The van der Waals surface area contributed by atoms with E-state index in [0.29, 0.717) is 5.92 Å². The zero-order valence-electron chi connectivity index (χ0n) is 30.8. The van der Waals surface area contributed by atoms with E-state index >= 15 is 0 Å². The van der Waals surface area contributed by atoms with Gasteiger partial charge in [-0.3, -0.25) is 0 Å². The first-order valence-corrected chi connectivity index (χ1v) is 22.4. The molecule has 0 saturated heterocycles. The predicted octanol–water partition coefficient (Wildman–Crippen LogP) is 10.2. The Morgan fingerprint density at radius 1 is 0.738 bits per heavy atom. The molecular formula is C35H72O5Si2. The minimum absolute atomic E-state index is 0.00898. The zero-order chi connectivity index (χ0) is 33.1. The first-order chi connectivity index (χ1) is 19.4. The Balaban J connectivity index is 6.07. The Bertz CT molecular complexity index is 800. The summed E-state index contributed by atoms with van der Waals surface area (Å²) in [4.78, 5) is 13.7. The van der Waals surface area contributed by atoms with Crippen LogP contribution in [0.1, 0.15) is 124 Å². The monoisotopic (exact) mass is 628 g/mol. The van der Waals surface area contributed by atoms with Crippen LogP contribution in [0, 0.1) is 23.2 Å². The largest absolute Gasteiger partial charge is 0.456 e. The Hall–Kier alpha value is -0.476. The summed E-state index contributed by atoms with van der Waals surface area (Å²) in [6.07, 6.45) is 0.248. The first kappa shape index (κ1) is 41.5. The van der Waals surface area contributed by atoms with Gasteiger partial charge in [0.05, 0.1) is 12.2 Å². The molecule has 3 unspecified atom stereocenters. The van der Waals surface area contributed by atoms with Gasteiger partial charge in [-0.2, -0.15) is 0 Å². The number of carbonyl (C=O) groups is 1. The number of esters is 1. The van der Waals surface area contributed by atoms with Crippen LogP contribution in [-0.4, -0.2) is 52.1 Å². The molecule has 0 heterocycles. The average molecular weight is 629 g/mol. The van der Waals surface area contributed by atoms with Gasteiger partial charge in [0.25, 0.3) is 0 Å². The topological polar surface area (TPSA) is 65.0 Å². The van der Waals surface area contributed by atoms with Crippen LogP contribution in [0.15, 0.2) is 11.1 Å². The fourth-order valence-corrected chi connectivity index (χ4v) is 12.6. The van der Waals surface area contributed by atoms with Gasteiger partial charge in [0.15, 0.2) is 16.6 Å². The van der Waals surface area contributed by atoms with E-state index in [9.17, 15) is 9.90 Å². The number of rotatable bonds is 21. The van der Waals surface area contributed by atoms with Crippen LogP contribution in [0.25, 0.3) is 0 Å². The molecule has 250 valence electrons. The van der Waals surface area contributed by atoms with Crippen LogP contribution in [0.4, 0.5) is 0 Å². The molecule has 0 aromatic carbocycles. The van der Waals surface area contributed by atoms with E-state index < -0.39 is 40.4 Å². The van der Waals surface area contributed by atoms with Gasteiger partial charge in [-0.1, -0.05) is 95.6 Å². The van der Waals surface area contributed by atoms with Crippen molar-refractivity contribution in [1.82, 2.24) is 0 Å². The van der Waals surface area contributed by atoms with Crippen molar-refractivity contribution in [3.8, 4) is 0 Å². The Morgan fingerprint density at radius 2 is 1.17 bits per heavy atom. The predicted molar refractivity (Wildman–Crippen MR) is 186 cm³/mol. The lowest BCUT2D eigenvalue weighted by Gasteiger charge is -2.45. The maximum Gasteiger partial charge on any atom is 0.334 e. The molecule has 0 spiro atoms. The maximum absolute atomic E-state index is 13.7. The summed E-state index contributed by atoms with van der Waals surface area (Å²) in [6.45, 7) is 34.5. The molecule has 0 radical (unpaired) electrons. The highest BCUT2D eigenvalue weighted by Gasteiger charge is 2.44. The quantitative estimate of drug-likeness (QED) is 0.0778. The molecule has 0 bridgehead atoms. The maximum atomic E-state index is 13.7. The van der Waals surface area contributed by atoms with Crippen molar-refractivity contribution in [2.24, 2.45) is 23.2 Å². The van der Waals surface area contributed by atoms with Gasteiger partial charge in [-0.05, 0) is 87.3 Å². The number of ether oxygens (including phenoxy) is 1. The van der Waals surface area contributed by atoms with Crippen molar-refractivity contribution in [3.63, 3.8) is 0 Å². The lowest BCUT2D eigenvalue weighted by molar-refractivity contribution is -0.158. The van der Waals surface area contributed by atoms with E-state index in [1.807, 2.05) is 13.8 Å². The molecular weight excluding hydrogens is 557 g/mol. The van der Waals surface area contributed by atoms with E-state index in [2.05, 4.69) is 96.9 Å². The Kier molecular flexibility index (Phi) is 18.3. The lowest BCUT2D eigenvalue weighted by Crippen LogP contribution is -2.51. The van der Waals surface area contributed by atoms with Gasteiger partial charge in [0, 0.05) is 11.3 Å². The molecule has 1 N–H and O–H groups in total. The van der Waals surface area contributed by atoms with E-state index in [-0.39, 0.29) is 23.9 Å². The van der Waals surface area contributed by atoms with Crippen LogP contribution >= 0.6 is 0 Å². The molecule has 0 rings (SSSR count). The highest BCUT2D eigenvalue weighted by molar-refractivity contribution is 6.74. The molecule has 7 heteroatoms. The Labute approximate surface area is 264 Å². The number of aliphatic hydroxyl groups excluding tert-OH is 1. The van der Waals surface area contributed by atoms with Crippen LogP contribution in [0.5, 0.6) is 0 Å². The minimum Gasteiger partial charge on any atom is -0.456 e. The van der Waals surface area contributed by atoms with Gasteiger partial charge in [0.1, 0.15) is 12.2 Å². The fourth-order valence-electron chi connectivity index (χ4n) is 6.68. The lowest BCUT2D eigenvalue weighted by atomic mass is 9.72. The van der Waals surface area contributed by atoms with Gasteiger partial charge in [-0.15, -0.1) is 0 Å². The van der Waals surface area contributed by atoms with Crippen molar-refractivity contribution in [2.45, 2.75) is 184 Å². The molecule has 0 aliphatic carbocycles. The minimum atomic E-state index is -2.01. The highest BCUT2D eigenvalue weighted by Crippen LogP contribution is 2.40.